The number of hydrogen-bond donors (Lipinski definition) is 2. The lowest BCUT2D eigenvalue weighted by molar-refractivity contribution is -0.0864. The summed E-state index contributed by atoms with van der Waals surface area (Å²) < 4.78 is 44.1. The number of likely N-dealkylation sites (tertiary alicyclic amines) is 1. The molecule has 1 fully saturated rings. The third-order valence-corrected chi connectivity index (χ3v) is 7.96. The summed E-state index contributed by atoms with van der Waals surface area (Å²) in [7, 11) is 0. The average molecular weight is 500 g/mol. The van der Waals surface area contributed by atoms with E-state index < -0.39 is 31.3 Å². The summed E-state index contributed by atoms with van der Waals surface area (Å²) in [4.78, 5) is 7.56. The van der Waals surface area contributed by atoms with Gasteiger partial charge in [-0.15, -0.1) is 0 Å². The van der Waals surface area contributed by atoms with Gasteiger partial charge in [-0.25, -0.2) is 13.2 Å². The van der Waals surface area contributed by atoms with Crippen molar-refractivity contribution in [3.05, 3.63) is 70.9 Å². The SMILES string of the molecule is CCCCN1CC([C@@H](F)c2ccc([C@@H]3c4[nH]c5ccccc5c4C[C@@H](C)N3CC(F)(F)CO)cc2)C1. The first-order valence-electron chi connectivity index (χ1n) is 13.1. The lowest BCUT2D eigenvalue weighted by atomic mass is 9.86. The van der Waals surface area contributed by atoms with Crippen LogP contribution in [0, 0.1) is 5.92 Å². The molecule has 3 atom stereocenters. The van der Waals surface area contributed by atoms with Gasteiger partial charge in [0.25, 0.3) is 5.92 Å². The molecule has 2 N–H and O–H groups in total. The number of fused-ring (bicyclic) bond motifs is 3. The molecule has 0 amide bonds. The first-order chi connectivity index (χ1) is 17.3. The molecule has 0 bridgehead atoms. The summed E-state index contributed by atoms with van der Waals surface area (Å²) in [5.74, 6) is -3.21. The summed E-state index contributed by atoms with van der Waals surface area (Å²) in [6.45, 7) is 4.97. The van der Waals surface area contributed by atoms with Crippen LogP contribution in [0.4, 0.5) is 13.2 Å². The van der Waals surface area contributed by atoms with Crippen molar-refractivity contribution in [2.24, 2.45) is 5.92 Å². The number of rotatable bonds is 9. The zero-order chi connectivity index (χ0) is 25.4. The van der Waals surface area contributed by atoms with Crippen LogP contribution in [0.3, 0.4) is 0 Å². The number of alkyl halides is 3. The molecule has 4 nitrogen and oxygen atoms in total. The first kappa shape index (κ1) is 25.3. The van der Waals surface area contributed by atoms with Crippen LogP contribution in [0.25, 0.3) is 10.9 Å². The van der Waals surface area contributed by atoms with E-state index in [1.165, 1.54) is 0 Å². The molecule has 2 aliphatic rings. The van der Waals surface area contributed by atoms with Gasteiger partial charge in [0.2, 0.25) is 0 Å². The topological polar surface area (TPSA) is 42.5 Å². The van der Waals surface area contributed by atoms with E-state index in [9.17, 15) is 13.9 Å². The molecule has 2 aliphatic heterocycles. The van der Waals surface area contributed by atoms with Crippen molar-refractivity contribution in [2.75, 3.05) is 32.8 Å². The molecule has 5 rings (SSSR count). The van der Waals surface area contributed by atoms with Crippen LogP contribution in [-0.2, 0) is 6.42 Å². The fourth-order valence-corrected chi connectivity index (χ4v) is 5.92. The molecule has 0 saturated carbocycles. The number of halogens is 3. The number of aromatic amines is 1. The Hall–Kier alpha value is -2.35. The molecular weight excluding hydrogens is 463 g/mol. The molecule has 0 radical (unpaired) electrons. The third-order valence-electron chi connectivity index (χ3n) is 7.96. The summed E-state index contributed by atoms with van der Waals surface area (Å²) in [5.41, 5.74) is 4.51. The van der Waals surface area contributed by atoms with Crippen molar-refractivity contribution in [1.29, 1.82) is 0 Å². The minimum Gasteiger partial charge on any atom is -0.390 e. The Bertz CT molecular complexity index is 1170. The fourth-order valence-electron chi connectivity index (χ4n) is 5.92. The Kier molecular flexibility index (Phi) is 7.16. The summed E-state index contributed by atoms with van der Waals surface area (Å²) in [5, 5.41) is 10.4. The minimum atomic E-state index is -3.21. The van der Waals surface area contributed by atoms with Crippen LogP contribution in [0.1, 0.15) is 61.3 Å². The smallest absolute Gasteiger partial charge is 0.283 e. The van der Waals surface area contributed by atoms with Crippen LogP contribution >= 0.6 is 0 Å². The largest absolute Gasteiger partial charge is 0.390 e. The molecule has 0 unspecified atom stereocenters. The highest BCUT2D eigenvalue weighted by molar-refractivity contribution is 5.85. The van der Waals surface area contributed by atoms with Crippen molar-refractivity contribution >= 4 is 10.9 Å². The van der Waals surface area contributed by atoms with Gasteiger partial charge in [-0.2, -0.15) is 0 Å². The Morgan fingerprint density at radius 3 is 2.53 bits per heavy atom. The summed E-state index contributed by atoms with van der Waals surface area (Å²) in [6, 6.07) is 14.8. The lowest BCUT2D eigenvalue weighted by Gasteiger charge is -2.42. The van der Waals surface area contributed by atoms with Gasteiger partial charge in [-0.3, -0.25) is 4.90 Å². The van der Waals surface area contributed by atoms with E-state index in [0.717, 1.165) is 60.2 Å². The molecule has 3 heterocycles. The van der Waals surface area contributed by atoms with E-state index in [-0.39, 0.29) is 12.0 Å². The summed E-state index contributed by atoms with van der Waals surface area (Å²) in [6.07, 6.45) is 1.89. The van der Waals surface area contributed by atoms with Crippen molar-refractivity contribution in [3.8, 4) is 0 Å². The number of nitrogens with zero attached hydrogens (tertiary/aromatic N) is 2. The number of hydrogen-bond acceptors (Lipinski definition) is 3. The number of unbranched alkanes of at least 4 members (excludes halogenated alkanes) is 1. The fraction of sp³-hybridized carbons (Fsp3) is 0.517. The Labute approximate surface area is 211 Å². The van der Waals surface area contributed by atoms with Crippen molar-refractivity contribution in [2.45, 2.75) is 57.3 Å². The van der Waals surface area contributed by atoms with Crippen LogP contribution in [0.2, 0.25) is 0 Å². The van der Waals surface area contributed by atoms with Crippen LogP contribution in [0.15, 0.2) is 48.5 Å². The Balaban J connectivity index is 1.44. The van der Waals surface area contributed by atoms with E-state index in [1.807, 2.05) is 49.4 Å². The number of aliphatic hydroxyl groups is 1. The molecule has 36 heavy (non-hydrogen) atoms. The molecule has 2 aromatic carbocycles. The van der Waals surface area contributed by atoms with Gasteiger partial charge < -0.3 is 15.0 Å². The lowest BCUT2D eigenvalue weighted by Crippen LogP contribution is -2.49. The van der Waals surface area contributed by atoms with Crippen LogP contribution in [0.5, 0.6) is 0 Å². The van der Waals surface area contributed by atoms with Gasteiger partial charge in [-0.1, -0.05) is 55.8 Å². The number of H-pyrrole nitrogens is 1. The molecule has 0 spiro atoms. The molecule has 1 aromatic heterocycles. The van der Waals surface area contributed by atoms with Gasteiger partial charge in [-0.05, 0) is 49.1 Å². The second-order valence-corrected chi connectivity index (χ2v) is 10.6. The van der Waals surface area contributed by atoms with Gasteiger partial charge in [0.1, 0.15) is 12.8 Å². The quantitative estimate of drug-likeness (QED) is 0.387. The van der Waals surface area contributed by atoms with Gasteiger partial charge in [0.05, 0.1) is 12.6 Å². The molecular formula is C29H36F3N3O. The van der Waals surface area contributed by atoms with Gasteiger partial charge in [0, 0.05) is 41.6 Å². The highest BCUT2D eigenvalue weighted by atomic mass is 19.3. The van der Waals surface area contributed by atoms with Crippen LogP contribution < -0.4 is 0 Å². The van der Waals surface area contributed by atoms with Crippen molar-refractivity contribution in [1.82, 2.24) is 14.8 Å². The summed E-state index contributed by atoms with van der Waals surface area (Å²) >= 11 is 0. The predicted molar refractivity (Wildman–Crippen MR) is 137 cm³/mol. The highest BCUT2D eigenvalue weighted by Gasteiger charge is 2.42. The second kappa shape index (κ2) is 10.2. The van der Waals surface area contributed by atoms with E-state index in [0.29, 0.717) is 12.0 Å². The average Bonchev–Trinajstić information content (AvgIpc) is 3.21. The standard InChI is InChI=1S/C29H36F3N3O/c1-3-4-13-34-15-22(16-34)26(30)20-9-11-21(12-10-20)28-27-24(23-7-5-6-8-25(23)33-27)14-19(2)35(28)17-29(31,32)18-36/h5-12,19,22,26,28,33,36H,3-4,13-18H2,1-2H3/t19-,26+,28-/m1/s1. The second-order valence-electron chi connectivity index (χ2n) is 10.6. The van der Waals surface area contributed by atoms with E-state index in [1.54, 1.807) is 4.90 Å². The number of aliphatic hydroxyl groups excluding tert-OH is 1. The maximum absolute atomic E-state index is 15.3. The third kappa shape index (κ3) is 4.81. The maximum Gasteiger partial charge on any atom is 0.283 e. The zero-order valence-corrected chi connectivity index (χ0v) is 21.1. The maximum atomic E-state index is 15.3. The zero-order valence-electron chi connectivity index (χ0n) is 21.1. The Morgan fingerprint density at radius 1 is 1.11 bits per heavy atom. The van der Waals surface area contributed by atoms with Crippen LogP contribution in [-0.4, -0.2) is 64.6 Å². The van der Waals surface area contributed by atoms with E-state index in [4.69, 9.17) is 0 Å². The Morgan fingerprint density at radius 2 is 1.83 bits per heavy atom. The number of aromatic nitrogens is 1. The van der Waals surface area contributed by atoms with Gasteiger partial charge in [0.15, 0.2) is 0 Å². The van der Waals surface area contributed by atoms with E-state index >= 15 is 4.39 Å². The molecule has 1 saturated heterocycles. The normalized spacial score (nSPS) is 22.5. The molecule has 7 heteroatoms. The predicted octanol–water partition coefficient (Wildman–Crippen LogP) is 5.87. The number of benzene rings is 2. The van der Waals surface area contributed by atoms with E-state index in [2.05, 4.69) is 22.9 Å². The first-order valence-corrected chi connectivity index (χ1v) is 13.1. The van der Waals surface area contributed by atoms with Crippen molar-refractivity contribution in [3.63, 3.8) is 0 Å². The monoisotopic (exact) mass is 499 g/mol. The molecule has 194 valence electrons. The number of para-hydroxylation sites is 1. The molecule has 3 aromatic rings. The van der Waals surface area contributed by atoms with Crippen molar-refractivity contribution < 1.29 is 18.3 Å². The minimum absolute atomic E-state index is 0.00228. The molecule has 0 aliphatic carbocycles. The van der Waals surface area contributed by atoms with Gasteiger partial charge >= 0.3 is 0 Å². The number of nitrogens with one attached hydrogen (secondary N) is 1. The highest BCUT2D eigenvalue weighted by Crippen LogP contribution is 2.42.